The van der Waals surface area contributed by atoms with Crippen molar-refractivity contribution in [2.24, 2.45) is 0 Å². The van der Waals surface area contributed by atoms with E-state index in [2.05, 4.69) is 20.9 Å². The fourth-order valence-corrected chi connectivity index (χ4v) is 2.80. The quantitative estimate of drug-likeness (QED) is 0.896. The van der Waals surface area contributed by atoms with Crippen LogP contribution in [0.3, 0.4) is 0 Å². The van der Waals surface area contributed by atoms with Crippen molar-refractivity contribution in [3.8, 4) is 0 Å². The second kappa shape index (κ2) is 3.97. The molecule has 92 valence electrons. The van der Waals surface area contributed by atoms with E-state index in [4.69, 9.17) is 5.73 Å². The smallest absolute Gasteiger partial charge is 0.310 e. The van der Waals surface area contributed by atoms with Crippen LogP contribution in [0.4, 0.5) is 5.95 Å². The molecular weight excluding hydrogens is 308 g/mol. The first-order valence-electron chi connectivity index (χ1n) is 4.70. The highest BCUT2D eigenvalue weighted by atomic mass is 79.9. The molecule has 0 unspecified atom stereocenters. The van der Waals surface area contributed by atoms with Crippen molar-refractivity contribution in [3.05, 3.63) is 22.7 Å². The number of halogens is 1. The number of hydrogen-bond acceptors (Lipinski definition) is 4. The maximum absolute atomic E-state index is 12.1. The van der Waals surface area contributed by atoms with E-state index < -0.39 is 10.2 Å². The molecule has 17 heavy (non-hydrogen) atoms. The summed E-state index contributed by atoms with van der Waals surface area (Å²) in [4.78, 5) is 4.02. The Labute approximate surface area is 107 Å². The van der Waals surface area contributed by atoms with Gasteiger partial charge in [-0.25, -0.2) is 4.98 Å². The van der Waals surface area contributed by atoms with E-state index >= 15 is 0 Å². The number of fused-ring (bicyclic) bond motifs is 1. The van der Waals surface area contributed by atoms with E-state index in [9.17, 15) is 8.42 Å². The normalized spacial score (nSPS) is 12.5. The number of imidazole rings is 1. The van der Waals surface area contributed by atoms with Crippen molar-refractivity contribution in [2.75, 3.05) is 19.8 Å². The zero-order valence-electron chi connectivity index (χ0n) is 9.25. The largest absolute Gasteiger partial charge is 0.368 e. The molecule has 0 saturated heterocycles. The lowest BCUT2D eigenvalue weighted by atomic mass is 10.3. The molecular formula is C9H11BrN4O2S. The standard InChI is InChI=1S/C9H11BrN4O2S/c1-13(2)17(15,16)14-8-5-6(10)3-4-7(8)12-9(14)11/h3-5H,1-2H3,(H2,11,12). The maximum Gasteiger partial charge on any atom is 0.310 e. The molecule has 2 rings (SSSR count). The number of aromatic nitrogens is 2. The predicted molar refractivity (Wildman–Crippen MR) is 69.9 cm³/mol. The van der Waals surface area contributed by atoms with Gasteiger partial charge in [-0.15, -0.1) is 0 Å². The van der Waals surface area contributed by atoms with Crippen LogP contribution in [-0.2, 0) is 10.2 Å². The number of rotatable bonds is 2. The Kier molecular flexibility index (Phi) is 2.88. The fraction of sp³-hybridized carbons (Fsp3) is 0.222. The van der Waals surface area contributed by atoms with E-state index in [1.807, 2.05) is 0 Å². The van der Waals surface area contributed by atoms with Gasteiger partial charge in [0.15, 0.2) is 0 Å². The molecule has 1 heterocycles. The highest BCUT2D eigenvalue weighted by Crippen LogP contribution is 2.24. The van der Waals surface area contributed by atoms with E-state index in [-0.39, 0.29) is 5.95 Å². The van der Waals surface area contributed by atoms with Crippen LogP contribution in [0, 0.1) is 0 Å². The van der Waals surface area contributed by atoms with Crippen LogP contribution in [0.25, 0.3) is 11.0 Å². The molecule has 0 saturated carbocycles. The number of nitrogens with two attached hydrogens (primary N) is 1. The van der Waals surface area contributed by atoms with Gasteiger partial charge in [-0.2, -0.15) is 16.7 Å². The fourth-order valence-electron chi connectivity index (χ4n) is 1.45. The third kappa shape index (κ3) is 1.92. The molecule has 2 aromatic rings. The molecule has 0 aliphatic heterocycles. The summed E-state index contributed by atoms with van der Waals surface area (Å²) in [6.45, 7) is 0. The number of hydrogen-bond donors (Lipinski definition) is 1. The van der Waals surface area contributed by atoms with Gasteiger partial charge in [-0.05, 0) is 18.2 Å². The minimum Gasteiger partial charge on any atom is -0.368 e. The van der Waals surface area contributed by atoms with Crippen molar-refractivity contribution in [3.63, 3.8) is 0 Å². The first kappa shape index (κ1) is 12.3. The molecule has 8 heteroatoms. The molecule has 0 radical (unpaired) electrons. The van der Waals surface area contributed by atoms with Crippen molar-refractivity contribution >= 4 is 43.1 Å². The summed E-state index contributed by atoms with van der Waals surface area (Å²) in [5.41, 5.74) is 6.65. The van der Waals surface area contributed by atoms with Crippen LogP contribution in [0.2, 0.25) is 0 Å². The first-order chi connectivity index (χ1) is 7.84. The van der Waals surface area contributed by atoms with Gasteiger partial charge in [0.1, 0.15) is 0 Å². The van der Waals surface area contributed by atoms with Gasteiger partial charge < -0.3 is 5.73 Å². The summed E-state index contributed by atoms with van der Waals surface area (Å²) in [6.07, 6.45) is 0. The number of nitrogen functional groups attached to an aromatic ring is 1. The van der Waals surface area contributed by atoms with Gasteiger partial charge in [0.05, 0.1) is 11.0 Å². The summed E-state index contributed by atoms with van der Waals surface area (Å²) in [6, 6.07) is 5.15. The van der Waals surface area contributed by atoms with Gasteiger partial charge >= 0.3 is 10.2 Å². The third-order valence-electron chi connectivity index (χ3n) is 2.29. The number of anilines is 1. The van der Waals surface area contributed by atoms with E-state index in [1.165, 1.54) is 14.1 Å². The lowest BCUT2D eigenvalue weighted by Gasteiger charge is -2.13. The molecule has 0 aliphatic rings. The predicted octanol–water partition coefficient (Wildman–Crippen LogP) is 1.04. The molecule has 0 bridgehead atoms. The highest BCUT2D eigenvalue weighted by molar-refractivity contribution is 9.10. The lowest BCUT2D eigenvalue weighted by Crippen LogP contribution is -2.29. The van der Waals surface area contributed by atoms with E-state index in [1.54, 1.807) is 18.2 Å². The van der Waals surface area contributed by atoms with Crippen molar-refractivity contribution in [1.29, 1.82) is 0 Å². The van der Waals surface area contributed by atoms with Crippen molar-refractivity contribution in [1.82, 2.24) is 13.3 Å². The lowest BCUT2D eigenvalue weighted by molar-refractivity contribution is 0.513. The molecule has 1 aromatic heterocycles. The van der Waals surface area contributed by atoms with Crippen LogP contribution < -0.4 is 5.73 Å². The average Bonchev–Trinajstić information content (AvgIpc) is 2.53. The maximum atomic E-state index is 12.1. The first-order valence-corrected chi connectivity index (χ1v) is 6.89. The Balaban J connectivity index is 2.86. The molecule has 1 aromatic carbocycles. The van der Waals surface area contributed by atoms with Crippen LogP contribution >= 0.6 is 15.9 Å². The second-order valence-corrected chi connectivity index (χ2v) is 6.56. The van der Waals surface area contributed by atoms with Crippen molar-refractivity contribution < 1.29 is 8.42 Å². The summed E-state index contributed by atoms with van der Waals surface area (Å²) in [7, 11) is -0.780. The van der Waals surface area contributed by atoms with E-state index in [0.29, 0.717) is 11.0 Å². The van der Waals surface area contributed by atoms with Gasteiger partial charge in [0.25, 0.3) is 0 Å². The Morgan fingerprint density at radius 2 is 2.06 bits per heavy atom. The zero-order valence-corrected chi connectivity index (χ0v) is 11.7. The molecule has 0 atom stereocenters. The zero-order chi connectivity index (χ0) is 12.8. The second-order valence-electron chi connectivity index (χ2n) is 3.66. The Hall–Kier alpha value is -1.12. The van der Waals surface area contributed by atoms with Gasteiger partial charge in [0.2, 0.25) is 5.95 Å². The summed E-state index contributed by atoms with van der Waals surface area (Å²) in [5, 5.41) is 0. The topological polar surface area (TPSA) is 81.2 Å². The molecule has 0 aliphatic carbocycles. The van der Waals surface area contributed by atoms with Crippen LogP contribution in [0.15, 0.2) is 22.7 Å². The van der Waals surface area contributed by atoms with E-state index in [0.717, 1.165) is 12.8 Å². The molecule has 6 nitrogen and oxygen atoms in total. The monoisotopic (exact) mass is 318 g/mol. The molecule has 2 N–H and O–H groups in total. The third-order valence-corrected chi connectivity index (χ3v) is 4.55. The number of benzene rings is 1. The number of nitrogens with zero attached hydrogens (tertiary/aromatic N) is 3. The van der Waals surface area contributed by atoms with Gasteiger partial charge in [0, 0.05) is 18.6 Å². The van der Waals surface area contributed by atoms with Gasteiger partial charge in [-0.1, -0.05) is 15.9 Å². The molecule has 0 amide bonds. The Morgan fingerprint density at radius 3 is 2.65 bits per heavy atom. The molecule has 0 spiro atoms. The average molecular weight is 319 g/mol. The minimum absolute atomic E-state index is 0.0493. The highest BCUT2D eigenvalue weighted by Gasteiger charge is 2.22. The van der Waals surface area contributed by atoms with Gasteiger partial charge in [-0.3, -0.25) is 0 Å². The Bertz CT molecular complexity index is 678. The van der Waals surface area contributed by atoms with Crippen molar-refractivity contribution in [2.45, 2.75) is 0 Å². The van der Waals surface area contributed by atoms with Crippen LogP contribution in [-0.4, -0.2) is 35.8 Å². The van der Waals surface area contributed by atoms with Crippen LogP contribution in [0.5, 0.6) is 0 Å². The summed E-state index contributed by atoms with van der Waals surface area (Å²) >= 11 is 3.29. The summed E-state index contributed by atoms with van der Waals surface area (Å²) < 4.78 is 27.1. The SMILES string of the molecule is CN(C)S(=O)(=O)n1c(N)nc2ccc(Br)cc21. The Morgan fingerprint density at radius 1 is 1.41 bits per heavy atom. The minimum atomic E-state index is -3.67. The molecule has 0 fully saturated rings. The van der Waals surface area contributed by atoms with Crippen LogP contribution in [0.1, 0.15) is 0 Å². The summed E-state index contributed by atoms with van der Waals surface area (Å²) in [5.74, 6) is -0.0493.